The molecule has 1 aliphatic heterocycles. The summed E-state index contributed by atoms with van der Waals surface area (Å²) in [6.45, 7) is 8.75. The van der Waals surface area contributed by atoms with Crippen molar-refractivity contribution in [1.29, 1.82) is 0 Å². The molecule has 2 unspecified atom stereocenters. The van der Waals surface area contributed by atoms with Crippen molar-refractivity contribution in [3.63, 3.8) is 0 Å². The van der Waals surface area contributed by atoms with Gasteiger partial charge >= 0.3 is 0 Å². The van der Waals surface area contributed by atoms with Crippen LogP contribution in [0.4, 0.5) is 5.69 Å². The first kappa shape index (κ1) is 14.1. The van der Waals surface area contributed by atoms with E-state index in [1.165, 1.54) is 11.1 Å². The first-order valence-electron chi connectivity index (χ1n) is 7.56. The second-order valence-corrected chi connectivity index (χ2v) is 6.82. The Morgan fingerprint density at radius 3 is 2.76 bits per heavy atom. The van der Waals surface area contributed by atoms with Gasteiger partial charge in [-0.25, -0.2) is 5.43 Å². The third kappa shape index (κ3) is 2.33. The number of anilines is 1. The molecular weight excluding hydrogens is 262 g/mol. The summed E-state index contributed by atoms with van der Waals surface area (Å²) in [5.41, 5.74) is 10.4. The van der Waals surface area contributed by atoms with E-state index >= 15 is 0 Å². The van der Waals surface area contributed by atoms with Gasteiger partial charge in [0.15, 0.2) is 0 Å². The van der Waals surface area contributed by atoms with Crippen LogP contribution >= 0.6 is 0 Å². The molecule has 3 rings (SSSR count). The molecule has 21 heavy (non-hydrogen) atoms. The highest BCUT2D eigenvalue weighted by molar-refractivity contribution is 6.05. The van der Waals surface area contributed by atoms with Gasteiger partial charge in [-0.2, -0.15) is 0 Å². The van der Waals surface area contributed by atoms with Gasteiger partial charge in [0.25, 0.3) is 5.91 Å². The maximum absolute atomic E-state index is 12.4. The number of rotatable bonds is 2. The maximum atomic E-state index is 12.4. The Morgan fingerprint density at radius 2 is 2.10 bits per heavy atom. The van der Waals surface area contributed by atoms with E-state index in [2.05, 4.69) is 43.0 Å². The molecule has 4 heteroatoms. The van der Waals surface area contributed by atoms with E-state index in [-0.39, 0.29) is 17.4 Å². The number of fused-ring (bicyclic) bond motifs is 1. The van der Waals surface area contributed by atoms with E-state index in [1.54, 1.807) is 6.20 Å². The van der Waals surface area contributed by atoms with Crippen LogP contribution in [-0.4, -0.2) is 11.9 Å². The van der Waals surface area contributed by atoms with Gasteiger partial charge < -0.3 is 10.7 Å². The molecule has 2 atom stereocenters. The standard InChI is InChI=1S/C17H23N3O/c1-10-8-17(3,4)13-6-5-7-14(15(10)13)19-16(21)12-9-18-20-11(12)2/h5-7,9-11,18,20H,8H2,1-4H3,(H,19,21). The predicted molar refractivity (Wildman–Crippen MR) is 84.9 cm³/mol. The maximum Gasteiger partial charge on any atom is 0.254 e. The summed E-state index contributed by atoms with van der Waals surface area (Å²) in [6, 6.07) is 6.26. The average molecular weight is 285 g/mol. The molecule has 3 N–H and O–H groups in total. The van der Waals surface area contributed by atoms with Gasteiger partial charge in [0.2, 0.25) is 0 Å². The van der Waals surface area contributed by atoms with Crippen molar-refractivity contribution in [2.45, 2.75) is 51.5 Å². The van der Waals surface area contributed by atoms with Gasteiger partial charge in [-0.15, -0.1) is 0 Å². The Kier molecular flexibility index (Phi) is 3.29. The van der Waals surface area contributed by atoms with Gasteiger partial charge in [0.1, 0.15) is 0 Å². The van der Waals surface area contributed by atoms with E-state index in [0.717, 1.165) is 17.7 Å². The number of amides is 1. The van der Waals surface area contributed by atoms with E-state index < -0.39 is 0 Å². The van der Waals surface area contributed by atoms with Crippen LogP contribution in [0.1, 0.15) is 51.2 Å². The summed E-state index contributed by atoms with van der Waals surface area (Å²) in [7, 11) is 0. The van der Waals surface area contributed by atoms with E-state index in [9.17, 15) is 4.79 Å². The van der Waals surface area contributed by atoms with Gasteiger partial charge in [-0.3, -0.25) is 4.79 Å². The number of nitrogens with one attached hydrogen (secondary N) is 3. The predicted octanol–water partition coefficient (Wildman–Crippen LogP) is 2.79. The highest BCUT2D eigenvalue weighted by atomic mass is 16.1. The van der Waals surface area contributed by atoms with Crippen molar-refractivity contribution < 1.29 is 4.79 Å². The Labute approximate surface area is 126 Å². The second-order valence-electron chi connectivity index (χ2n) is 6.82. The molecule has 4 nitrogen and oxygen atoms in total. The highest BCUT2D eigenvalue weighted by Crippen LogP contribution is 2.48. The quantitative estimate of drug-likeness (QED) is 0.783. The van der Waals surface area contributed by atoms with Crippen molar-refractivity contribution in [2.24, 2.45) is 0 Å². The zero-order chi connectivity index (χ0) is 15.2. The fraction of sp³-hybridized carbons (Fsp3) is 0.471. The van der Waals surface area contributed by atoms with Crippen molar-refractivity contribution >= 4 is 11.6 Å². The second kappa shape index (κ2) is 4.88. The first-order valence-corrected chi connectivity index (χ1v) is 7.56. The summed E-state index contributed by atoms with van der Waals surface area (Å²) in [5.74, 6) is 0.433. The average Bonchev–Trinajstić information content (AvgIpc) is 2.92. The van der Waals surface area contributed by atoms with Crippen molar-refractivity contribution in [2.75, 3.05) is 5.32 Å². The number of hydrogen-bond acceptors (Lipinski definition) is 3. The zero-order valence-electron chi connectivity index (χ0n) is 13.1. The molecule has 0 aromatic heterocycles. The third-order valence-electron chi connectivity index (χ3n) is 4.65. The molecule has 2 aliphatic rings. The summed E-state index contributed by atoms with van der Waals surface area (Å²) in [5, 5.41) is 3.10. The van der Waals surface area contributed by atoms with Crippen molar-refractivity contribution in [3.8, 4) is 0 Å². The van der Waals surface area contributed by atoms with Gasteiger partial charge in [0, 0.05) is 11.9 Å². The number of carbonyl (C=O) groups is 1. The Hall–Kier alpha value is -1.81. The lowest BCUT2D eigenvalue weighted by atomic mass is 9.86. The molecule has 0 bridgehead atoms. The van der Waals surface area contributed by atoms with Crippen LogP contribution in [0.25, 0.3) is 0 Å². The van der Waals surface area contributed by atoms with Gasteiger partial charge in [-0.1, -0.05) is 32.9 Å². The summed E-state index contributed by atoms with van der Waals surface area (Å²) < 4.78 is 0. The summed E-state index contributed by atoms with van der Waals surface area (Å²) in [6.07, 6.45) is 2.86. The molecule has 0 saturated heterocycles. The Bertz CT molecular complexity index is 618. The van der Waals surface area contributed by atoms with E-state index in [4.69, 9.17) is 0 Å². The molecule has 1 heterocycles. The minimum absolute atomic E-state index is 0.0237. The molecule has 1 aromatic carbocycles. The SMILES string of the molecule is CC1NNC=C1C(=O)Nc1cccc2c1C(C)CC2(C)C. The van der Waals surface area contributed by atoms with Crippen LogP contribution in [0.5, 0.6) is 0 Å². The third-order valence-corrected chi connectivity index (χ3v) is 4.65. The molecule has 0 saturated carbocycles. The number of hydrogen-bond donors (Lipinski definition) is 3. The largest absolute Gasteiger partial charge is 0.328 e. The number of hydrazine groups is 1. The minimum atomic E-state index is -0.0368. The molecular formula is C17H23N3O. The molecule has 112 valence electrons. The smallest absolute Gasteiger partial charge is 0.254 e. The number of carbonyl (C=O) groups excluding carboxylic acids is 1. The van der Waals surface area contributed by atoms with Crippen molar-refractivity contribution in [1.82, 2.24) is 10.9 Å². The van der Waals surface area contributed by atoms with Crippen molar-refractivity contribution in [3.05, 3.63) is 41.1 Å². The normalized spacial score (nSPS) is 26.0. The monoisotopic (exact) mass is 285 g/mol. The lowest BCUT2D eigenvalue weighted by Crippen LogP contribution is -2.32. The van der Waals surface area contributed by atoms with Crippen LogP contribution < -0.4 is 16.2 Å². The number of benzene rings is 1. The van der Waals surface area contributed by atoms with E-state index in [1.807, 2.05) is 19.1 Å². The first-order chi connectivity index (χ1) is 9.90. The highest BCUT2D eigenvalue weighted by Gasteiger charge is 2.36. The molecule has 0 spiro atoms. The molecule has 0 fully saturated rings. The summed E-state index contributed by atoms with van der Waals surface area (Å²) in [4.78, 5) is 12.4. The van der Waals surface area contributed by atoms with Crippen LogP contribution in [0.15, 0.2) is 30.0 Å². The topological polar surface area (TPSA) is 53.2 Å². The Balaban J connectivity index is 1.91. The Morgan fingerprint density at radius 1 is 1.33 bits per heavy atom. The zero-order valence-corrected chi connectivity index (χ0v) is 13.1. The summed E-state index contributed by atoms with van der Waals surface area (Å²) >= 11 is 0. The molecule has 0 radical (unpaired) electrons. The minimum Gasteiger partial charge on any atom is -0.328 e. The lowest BCUT2D eigenvalue weighted by Gasteiger charge is -2.19. The molecule has 1 amide bonds. The van der Waals surface area contributed by atoms with Crippen LogP contribution in [-0.2, 0) is 10.2 Å². The van der Waals surface area contributed by atoms with Crippen LogP contribution in [0.3, 0.4) is 0 Å². The lowest BCUT2D eigenvalue weighted by molar-refractivity contribution is -0.113. The van der Waals surface area contributed by atoms with Crippen LogP contribution in [0, 0.1) is 0 Å². The molecule has 1 aliphatic carbocycles. The molecule has 1 aromatic rings. The van der Waals surface area contributed by atoms with Crippen LogP contribution in [0.2, 0.25) is 0 Å². The van der Waals surface area contributed by atoms with Gasteiger partial charge in [0.05, 0.1) is 11.6 Å². The fourth-order valence-electron chi connectivity index (χ4n) is 3.68. The van der Waals surface area contributed by atoms with Gasteiger partial charge in [-0.05, 0) is 41.9 Å². The van der Waals surface area contributed by atoms with E-state index in [0.29, 0.717) is 5.92 Å². The fourth-order valence-corrected chi connectivity index (χ4v) is 3.68.